The fourth-order valence-electron chi connectivity index (χ4n) is 4.08. The van der Waals surface area contributed by atoms with E-state index in [0.717, 1.165) is 6.26 Å². The summed E-state index contributed by atoms with van der Waals surface area (Å²) in [5.74, 6) is -7.11. The number of sulfone groups is 1. The summed E-state index contributed by atoms with van der Waals surface area (Å²) in [5, 5.41) is 3.30. The maximum atomic E-state index is 14.3. The molecular formula is C20H22F4N4O5S. The lowest BCUT2D eigenvalue weighted by atomic mass is 10.0. The summed E-state index contributed by atoms with van der Waals surface area (Å²) in [7, 11) is -3.97. The first-order chi connectivity index (χ1) is 15.8. The van der Waals surface area contributed by atoms with E-state index in [1.54, 1.807) is 9.80 Å². The zero-order valence-electron chi connectivity index (χ0n) is 18.3. The molecule has 0 saturated carbocycles. The minimum absolute atomic E-state index is 0.0148. The van der Waals surface area contributed by atoms with Gasteiger partial charge in [-0.1, -0.05) is 5.16 Å². The van der Waals surface area contributed by atoms with E-state index in [4.69, 9.17) is 9.26 Å². The number of amides is 1. The molecule has 1 atom stereocenters. The van der Waals surface area contributed by atoms with Gasteiger partial charge in [0.05, 0.1) is 0 Å². The first kappa shape index (κ1) is 24.2. The zero-order chi connectivity index (χ0) is 24.8. The second-order valence-corrected chi connectivity index (χ2v) is 10.4. The Kier molecular flexibility index (Phi) is 6.21. The number of carbonyl (C=O) groups excluding carboxylic acids is 1. The van der Waals surface area contributed by atoms with E-state index in [0.29, 0.717) is 51.5 Å². The fraction of sp³-hybridized carbons (Fsp3) is 0.550. The van der Waals surface area contributed by atoms with Crippen LogP contribution >= 0.6 is 0 Å². The zero-order valence-corrected chi connectivity index (χ0v) is 19.1. The van der Waals surface area contributed by atoms with E-state index in [2.05, 4.69) is 10.1 Å². The molecular weight excluding hydrogens is 484 g/mol. The fourth-order valence-corrected chi connectivity index (χ4v) is 4.81. The number of piperidine rings is 1. The molecule has 1 aromatic carbocycles. The number of hydrogen-bond acceptors (Lipinski definition) is 8. The van der Waals surface area contributed by atoms with Crippen molar-refractivity contribution < 1.29 is 40.0 Å². The summed E-state index contributed by atoms with van der Waals surface area (Å²) in [4.78, 5) is 19.0. The normalized spacial score (nSPS) is 20.3. The van der Waals surface area contributed by atoms with Crippen molar-refractivity contribution in [3.8, 4) is 5.75 Å². The van der Waals surface area contributed by atoms with Crippen molar-refractivity contribution >= 4 is 21.8 Å². The molecule has 0 N–H and O–H groups in total. The lowest BCUT2D eigenvalue weighted by molar-refractivity contribution is -0.135. The van der Waals surface area contributed by atoms with E-state index in [1.165, 1.54) is 0 Å². The molecule has 0 radical (unpaired) electrons. The smallest absolute Gasteiger partial charge is 0.324 e. The Labute approximate surface area is 192 Å². The van der Waals surface area contributed by atoms with Gasteiger partial charge >= 0.3 is 11.9 Å². The number of hydrogen-bond donors (Lipinski definition) is 0. The molecule has 3 heterocycles. The Morgan fingerprint density at radius 1 is 1.12 bits per heavy atom. The molecule has 9 nitrogen and oxygen atoms in total. The summed E-state index contributed by atoms with van der Waals surface area (Å²) in [5.41, 5.74) is 0. The van der Waals surface area contributed by atoms with Gasteiger partial charge in [0, 0.05) is 51.3 Å². The number of aromatic nitrogens is 2. The number of benzene rings is 1. The monoisotopic (exact) mass is 506 g/mol. The van der Waals surface area contributed by atoms with E-state index < -0.39 is 55.9 Å². The van der Waals surface area contributed by atoms with Crippen molar-refractivity contribution in [3.05, 3.63) is 29.6 Å². The Hall–Kier alpha value is -2.90. The Bertz CT molecular complexity index is 1190. The van der Waals surface area contributed by atoms with Crippen molar-refractivity contribution in [1.29, 1.82) is 0 Å². The van der Waals surface area contributed by atoms with Crippen LogP contribution in [0.15, 0.2) is 21.6 Å². The highest BCUT2D eigenvalue weighted by molar-refractivity contribution is 7.90. The molecule has 2 saturated heterocycles. The summed E-state index contributed by atoms with van der Waals surface area (Å²) in [6.07, 6.45) is 0.967. The van der Waals surface area contributed by atoms with Crippen molar-refractivity contribution in [2.75, 3.05) is 30.8 Å². The van der Waals surface area contributed by atoms with Crippen LogP contribution in [0.2, 0.25) is 0 Å². The van der Waals surface area contributed by atoms with Crippen LogP contribution in [0.25, 0.3) is 0 Å². The third kappa shape index (κ3) is 4.81. The molecule has 1 aromatic heterocycles. The molecule has 1 unspecified atom stereocenters. The maximum absolute atomic E-state index is 14.3. The second kappa shape index (κ2) is 8.71. The number of nitrogens with zero attached hydrogens (tertiary/aromatic N) is 4. The first-order valence-corrected chi connectivity index (χ1v) is 12.4. The van der Waals surface area contributed by atoms with Gasteiger partial charge in [0.1, 0.15) is 10.7 Å². The number of alkyl halides is 2. The third-order valence-corrected chi connectivity index (χ3v) is 6.94. The molecule has 34 heavy (non-hydrogen) atoms. The average molecular weight is 506 g/mol. The molecule has 1 amide bonds. The Morgan fingerprint density at radius 2 is 1.79 bits per heavy atom. The van der Waals surface area contributed by atoms with Gasteiger partial charge in [0.2, 0.25) is 5.82 Å². The van der Waals surface area contributed by atoms with Gasteiger partial charge in [-0.15, -0.1) is 0 Å². The van der Waals surface area contributed by atoms with Gasteiger partial charge in [0.25, 0.3) is 5.91 Å². The number of rotatable bonds is 6. The highest BCUT2D eigenvalue weighted by Crippen LogP contribution is 2.31. The topological polar surface area (TPSA) is 106 Å². The predicted octanol–water partition coefficient (Wildman–Crippen LogP) is 2.51. The third-order valence-electron chi connectivity index (χ3n) is 5.83. The summed E-state index contributed by atoms with van der Waals surface area (Å²) in [6.45, 7) is 1.80. The largest absolute Gasteiger partial charge is 0.477 e. The van der Waals surface area contributed by atoms with Gasteiger partial charge in [-0.3, -0.25) is 4.79 Å². The van der Waals surface area contributed by atoms with Gasteiger partial charge in [0.15, 0.2) is 27.5 Å². The van der Waals surface area contributed by atoms with Crippen LogP contribution in [0.5, 0.6) is 5.75 Å². The minimum atomic E-state index is -3.97. The van der Waals surface area contributed by atoms with Gasteiger partial charge in [-0.05, 0) is 18.9 Å². The van der Waals surface area contributed by atoms with E-state index in [9.17, 15) is 30.8 Å². The molecule has 0 bridgehead atoms. The minimum Gasteiger partial charge on any atom is -0.477 e. The van der Waals surface area contributed by atoms with Crippen LogP contribution < -0.4 is 9.64 Å². The number of carbonyl (C=O) groups is 1. The first-order valence-electron chi connectivity index (χ1n) is 10.5. The van der Waals surface area contributed by atoms with Gasteiger partial charge < -0.3 is 19.1 Å². The molecule has 0 spiro atoms. The molecule has 2 aromatic rings. The molecule has 186 valence electrons. The Balaban J connectivity index is 1.37. The van der Waals surface area contributed by atoms with Gasteiger partial charge in [-0.2, -0.15) is 13.8 Å². The van der Waals surface area contributed by atoms with Gasteiger partial charge in [-0.25, -0.2) is 17.2 Å². The second-order valence-electron chi connectivity index (χ2n) is 8.42. The SMILES string of the molecule is CC(F)(F)c1noc(N2CCC(N3CCC(Oc4cc(F)c(S(C)(=O)=O)cc4F)C3=O)CC2)n1. The van der Waals surface area contributed by atoms with Crippen molar-refractivity contribution in [1.82, 2.24) is 15.0 Å². The number of halogens is 4. The number of anilines is 1. The maximum Gasteiger partial charge on any atom is 0.324 e. The van der Waals surface area contributed by atoms with Crippen molar-refractivity contribution in [3.63, 3.8) is 0 Å². The highest BCUT2D eigenvalue weighted by atomic mass is 32.2. The standard InChI is InChI=1S/C20H22F4N4O5S/c1-20(23,24)18-25-19(33-26-18)27-6-3-11(4-7-27)28-8-5-14(17(28)29)32-15-9-13(22)16(10-12(15)21)34(2,30)31/h9-11,14H,3-8H2,1-2H3. The summed E-state index contributed by atoms with van der Waals surface area (Å²) >= 11 is 0. The molecule has 2 fully saturated rings. The van der Waals surface area contributed by atoms with Crippen LogP contribution in [0.3, 0.4) is 0 Å². The van der Waals surface area contributed by atoms with E-state index in [1.807, 2.05) is 0 Å². The molecule has 2 aliphatic rings. The van der Waals surface area contributed by atoms with Crippen LogP contribution in [0, 0.1) is 11.6 Å². The number of ether oxygens (including phenoxy) is 1. The van der Waals surface area contributed by atoms with E-state index in [-0.39, 0.29) is 18.5 Å². The molecule has 4 rings (SSSR count). The molecule has 2 aliphatic heterocycles. The highest BCUT2D eigenvalue weighted by Gasteiger charge is 2.40. The molecule has 0 aliphatic carbocycles. The lowest BCUT2D eigenvalue weighted by Crippen LogP contribution is -2.47. The van der Waals surface area contributed by atoms with Crippen LogP contribution in [-0.2, 0) is 20.6 Å². The molecule has 14 heteroatoms. The number of likely N-dealkylation sites (tertiary alicyclic amines) is 1. The van der Waals surface area contributed by atoms with Crippen molar-refractivity contribution in [2.45, 2.75) is 49.2 Å². The predicted molar refractivity (Wildman–Crippen MR) is 109 cm³/mol. The Morgan fingerprint density at radius 3 is 2.38 bits per heavy atom. The lowest BCUT2D eigenvalue weighted by Gasteiger charge is -2.35. The van der Waals surface area contributed by atoms with E-state index >= 15 is 0 Å². The van der Waals surface area contributed by atoms with Crippen LogP contribution in [-0.4, -0.2) is 67.4 Å². The van der Waals surface area contributed by atoms with Crippen LogP contribution in [0.4, 0.5) is 23.6 Å². The van der Waals surface area contributed by atoms with Crippen molar-refractivity contribution in [2.24, 2.45) is 0 Å². The quantitative estimate of drug-likeness (QED) is 0.551. The van der Waals surface area contributed by atoms with Crippen LogP contribution in [0.1, 0.15) is 32.0 Å². The summed E-state index contributed by atoms with van der Waals surface area (Å²) < 4.78 is 88.5. The average Bonchev–Trinajstić information content (AvgIpc) is 3.38. The summed E-state index contributed by atoms with van der Waals surface area (Å²) in [6, 6.07) is 0.976.